The van der Waals surface area contributed by atoms with Gasteiger partial charge in [-0.25, -0.2) is 0 Å². The van der Waals surface area contributed by atoms with Crippen molar-refractivity contribution in [3.63, 3.8) is 0 Å². The molecular weight excluding hydrogens is 158 g/mol. The number of nitrogens with zero attached hydrogens (tertiary/aromatic N) is 1. The van der Waals surface area contributed by atoms with Crippen molar-refractivity contribution in [3.8, 4) is 5.88 Å². The summed E-state index contributed by atoms with van der Waals surface area (Å²) in [6.45, 7) is 0.594. The van der Waals surface area contributed by atoms with Gasteiger partial charge in [0.25, 0.3) is 5.88 Å². The van der Waals surface area contributed by atoms with Gasteiger partial charge in [0, 0.05) is 6.07 Å². The van der Waals surface area contributed by atoms with E-state index in [9.17, 15) is 0 Å². The van der Waals surface area contributed by atoms with E-state index < -0.39 is 0 Å². The highest BCUT2D eigenvalue weighted by Gasteiger charge is 2.22. The lowest BCUT2D eigenvalue weighted by atomic mass is 10.4. The van der Waals surface area contributed by atoms with E-state index in [0.29, 0.717) is 17.6 Å². The molecule has 66 valence electrons. The fraction of sp³-hybridized carbons (Fsp3) is 0.625. The highest BCUT2D eigenvalue weighted by atomic mass is 16.5. The second kappa shape index (κ2) is 3.15. The summed E-state index contributed by atoms with van der Waals surface area (Å²) >= 11 is 0. The normalized spacial score (nSPS) is 16.4. The zero-order valence-corrected chi connectivity index (χ0v) is 6.69. The summed E-state index contributed by atoms with van der Waals surface area (Å²) in [5.41, 5.74) is 0. The van der Waals surface area contributed by atoms with Crippen LogP contribution in [0.4, 0.5) is 0 Å². The minimum atomic E-state index is -0.125. The molecule has 0 amide bonds. The number of rotatable bonds is 4. The van der Waals surface area contributed by atoms with Crippen molar-refractivity contribution in [2.75, 3.05) is 6.61 Å². The molecule has 1 aromatic heterocycles. The Morgan fingerprint density at radius 3 is 3.08 bits per heavy atom. The summed E-state index contributed by atoms with van der Waals surface area (Å²) in [5, 5.41) is 12.3. The first-order chi connectivity index (χ1) is 5.88. The minimum absolute atomic E-state index is 0.125. The van der Waals surface area contributed by atoms with E-state index in [1.165, 1.54) is 12.8 Å². The Morgan fingerprint density at radius 1 is 1.67 bits per heavy atom. The van der Waals surface area contributed by atoms with Crippen molar-refractivity contribution in [1.29, 1.82) is 0 Å². The third-order valence-corrected chi connectivity index (χ3v) is 1.86. The average molecular weight is 169 g/mol. The molecule has 0 radical (unpaired) electrons. The van der Waals surface area contributed by atoms with Crippen LogP contribution in [0.25, 0.3) is 0 Å². The number of hydrogen-bond donors (Lipinski definition) is 1. The molecule has 1 aliphatic carbocycles. The summed E-state index contributed by atoms with van der Waals surface area (Å²) in [5.74, 6) is 1.63. The van der Waals surface area contributed by atoms with E-state index >= 15 is 0 Å². The predicted octanol–water partition coefficient (Wildman–Crippen LogP) is 0.956. The number of hydrogen-bond acceptors (Lipinski definition) is 4. The van der Waals surface area contributed by atoms with Gasteiger partial charge in [-0.05, 0) is 23.9 Å². The monoisotopic (exact) mass is 169 g/mol. The van der Waals surface area contributed by atoms with Gasteiger partial charge in [0.1, 0.15) is 6.61 Å². The predicted molar refractivity (Wildman–Crippen MR) is 40.6 cm³/mol. The molecular formula is C8H11NO3. The molecule has 0 aromatic carbocycles. The van der Waals surface area contributed by atoms with Crippen LogP contribution < -0.4 is 4.74 Å². The maximum absolute atomic E-state index is 8.65. The van der Waals surface area contributed by atoms with Gasteiger partial charge in [0.05, 0.1) is 6.61 Å². The van der Waals surface area contributed by atoms with Gasteiger partial charge in [-0.1, -0.05) is 0 Å². The molecule has 1 N–H and O–H groups in total. The topological polar surface area (TPSA) is 55.5 Å². The molecule has 0 aliphatic heterocycles. The minimum Gasteiger partial charge on any atom is -0.475 e. The summed E-state index contributed by atoms with van der Waals surface area (Å²) < 4.78 is 10.0. The van der Waals surface area contributed by atoms with Crippen LogP contribution >= 0.6 is 0 Å². The smallest absolute Gasteiger partial charge is 0.254 e. The SMILES string of the molecule is OCc1cc(OCC2CC2)no1. The van der Waals surface area contributed by atoms with Crippen LogP contribution in [0.5, 0.6) is 5.88 Å². The Kier molecular flexibility index (Phi) is 1.99. The van der Waals surface area contributed by atoms with Crippen molar-refractivity contribution in [2.24, 2.45) is 5.92 Å². The van der Waals surface area contributed by atoms with Gasteiger partial charge in [-0.2, -0.15) is 0 Å². The molecule has 0 saturated heterocycles. The van der Waals surface area contributed by atoms with Crippen LogP contribution in [-0.2, 0) is 6.61 Å². The van der Waals surface area contributed by atoms with E-state index in [0.717, 1.165) is 6.61 Å². The number of aromatic nitrogens is 1. The fourth-order valence-corrected chi connectivity index (χ4v) is 0.924. The van der Waals surface area contributed by atoms with E-state index in [1.807, 2.05) is 0 Å². The molecule has 1 fully saturated rings. The van der Waals surface area contributed by atoms with Gasteiger partial charge in [0.15, 0.2) is 5.76 Å². The molecule has 4 nitrogen and oxygen atoms in total. The zero-order valence-electron chi connectivity index (χ0n) is 6.69. The van der Waals surface area contributed by atoms with Crippen molar-refractivity contribution < 1.29 is 14.4 Å². The second-order valence-corrected chi connectivity index (χ2v) is 3.04. The van der Waals surface area contributed by atoms with Crippen LogP contribution in [-0.4, -0.2) is 16.9 Å². The lowest BCUT2D eigenvalue weighted by molar-refractivity contribution is 0.221. The molecule has 1 aliphatic rings. The Balaban J connectivity index is 1.84. The number of aliphatic hydroxyl groups is 1. The second-order valence-electron chi connectivity index (χ2n) is 3.04. The van der Waals surface area contributed by atoms with E-state index in [1.54, 1.807) is 6.07 Å². The maximum Gasteiger partial charge on any atom is 0.254 e. The Bertz CT molecular complexity index is 255. The standard InChI is InChI=1S/C8H11NO3/c10-4-7-3-8(9-12-7)11-5-6-1-2-6/h3,6,10H,1-2,4-5H2. The van der Waals surface area contributed by atoms with Crippen molar-refractivity contribution in [2.45, 2.75) is 19.4 Å². The molecule has 0 unspecified atom stereocenters. The Labute approximate surface area is 70.1 Å². The zero-order chi connectivity index (χ0) is 8.39. The summed E-state index contributed by atoms with van der Waals surface area (Å²) in [6.07, 6.45) is 2.51. The van der Waals surface area contributed by atoms with Crippen molar-refractivity contribution in [3.05, 3.63) is 11.8 Å². The van der Waals surface area contributed by atoms with Crippen LogP contribution in [0, 0.1) is 5.92 Å². The Hall–Kier alpha value is -1.03. The highest BCUT2D eigenvalue weighted by Crippen LogP contribution is 2.29. The van der Waals surface area contributed by atoms with Crippen LogP contribution in [0.15, 0.2) is 10.6 Å². The number of ether oxygens (including phenoxy) is 1. The molecule has 0 bridgehead atoms. The van der Waals surface area contributed by atoms with Crippen LogP contribution in [0.2, 0.25) is 0 Å². The van der Waals surface area contributed by atoms with Gasteiger partial charge in [0.2, 0.25) is 0 Å². The van der Waals surface area contributed by atoms with Crippen molar-refractivity contribution in [1.82, 2.24) is 5.16 Å². The lowest BCUT2D eigenvalue weighted by Crippen LogP contribution is -1.98. The molecule has 2 rings (SSSR count). The largest absolute Gasteiger partial charge is 0.475 e. The summed E-state index contributed by atoms with van der Waals surface area (Å²) in [7, 11) is 0. The fourth-order valence-electron chi connectivity index (χ4n) is 0.924. The van der Waals surface area contributed by atoms with Crippen LogP contribution in [0.1, 0.15) is 18.6 Å². The van der Waals surface area contributed by atoms with Crippen molar-refractivity contribution >= 4 is 0 Å². The molecule has 0 atom stereocenters. The quantitative estimate of drug-likeness (QED) is 0.729. The molecule has 1 saturated carbocycles. The first-order valence-corrected chi connectivity index (χ1v) is 4.07. The first-order valence-electron chi connectivity index (χ1n) is 4.07. The van der Waals surface area contributed by atoms with E-state index in [-0.39, 0.29) is 6.61 Å². The lowest BCUT2D eigenvalue weighted by Gasteiger charge is -1.96. The first kappa shape index (κ1) is 7.61. The maximum atomic E-state index is 8.65. The summed E-state index contributed by atoms with van der Waals surface area (Å²) in [6, 6.07) is 1.61. The number of aliphatic hydroxyl groups excluding tert-OH is 1. The summed E-state index contributed by atoms with van der Waals surface area (Å²) in [4.78, 5) is 0. The molecule has 12 heavy (non-hydrogen) atoms. The molecule has 1 aromatic rings. The Morgan fingerprint density at radius 2 is 2.50 bits per heavy atom. The molecule has 1 heterocycles. The molecule has 4 heteroatoms. The van der Waals surface area contributed by atoms with E-state index in [2.05, 4.69) is 5.16 Å². The van der Waals surface area contributed by atoms with Gasteiger partial charge >= 0.3 is 0 Å². The third kappa shape index (κ3) is 1.76. The highest BCUT2D eigenvalue weighted by molar-refractivity contribution is 5.10. The van der Waals surface area contributed by atoms with Gasteiger partial charge < -0.3 is 14.4 Å². The van der Waals surface area contributed by atoms with Gasteiger partial charge in [-0.3, -0.25) is 0 Å². The van der Waals surface area contributed by atoms with E-state index in [4.69, 9.17) is 14.4 Å². The van der Waals surface area contributed by atoms with Gasteiger partial charge in [-0.15, -0.1) is 0 Å². The molecule has 0 spiro atoms. The van der Waals surface area contributed by atoms with Crippen LogP contribution in [0.3, 0.4) is 0 Å². The average Bonchev–Trinajstić information content (AvgIpc) is 2.81. The third-order valence-electron chi connectivity index (χ3n) is 1.86.